The fourth-order valence-corrected chi connectivity index (χ4v) is 6.55. The average molecular weight is 388 g/mol. The molecule has 2 aromatic rings. The van der Waals surface area contributed by atoms with E-state index in [4.69, 9.17) is 0 Å². The topological polar surface area (TPSA) is 56.4 Å². The van der Waals surface area contributed by atoms with Crippen LogP contribution in [0.3, 0.4) is 0 Å². The van der Waals surface area contributed by atoms with Crippen LogP contribution in [-0.2, 0) is 16.3 Å². The third kappa shape index (κ3) is 3.98. The largest absolute Gasteiger partial charge is 0.361 e. The molecule has 1 N–H and O–H groups in total. The highest BCUT2D eigenvalue weighted by molar-refractivity contribution is 7.91. The van der Waals surface area contributed by atoms with Crippen molar-refractivity contribution < 1.29 is 8.42 Å². The third-order valence-electron chi connectivity index (χ3n) is 5.98. The van der Waals surface area contributed by atoms with Gasteiger partial charge in [0.2, 0.25) is 0 Å². The Morgan fingerprint density at radius 2 is 1.85 bits per heavy atom. The van der Waals surface area contributed by atoms with Gasteiger partial charge in [-0.15, -0.1) is 0 Å². The second-order valence-electron chi connectivity index (χ2n) is 8.13. The van der Waals surface area contributed by atoms with E-state index in [1.165, 1.54) is 22.0 Å². The van der Waals surface area contributed by atoms with Gasteiger partial charge in [-0.2, -0.15) is 0 Å². The summed E-state index contributed by atoms with van der Waals surface area (Å²) in [7, 11) is -2.95. The van der Waals surface area contributed by atoms with E-state index in [-0.39, 0.29) is 12.1 Å². The lowest BCUT2D eigenvalue weighted by atomic mass is 10.0. The Morgan fingerprint density at radius 1 is 1.15 bits per heavy atom. The number of benzene rings is 1. The van der Waals surface area contributed by atoms with Crippen LogP contribution in [0, 0.1) is 0 Å². The van der Waals surface area contributed by atoms with Gasteiger partial charge in [-0.25, -0.2) is 8.42 Å². The number of hydrogen-bond acceptors (Lipinski definition) is 4. The lowest BCUT2D eigenvalue weighted by Crippen LogP contribution is -2.59. The number of aromatic nitrogens is 1. The zero-order valence-corrected chi connectivity index (χ0v) is 17.0. The lowest BCUT2D eigenvalue weighted by molar-refractivity contribution is 0.0539. The van der Waals surface area contributed by atoms with Gasteiger partial charge in [-0.05, 0) is 31.9 Å². The van der Waals surface area contributed by atoms with Crippen LogP contribution < -0.4 is 0 Å². The van der Waals surface area contributed by atoms with Crippen molar-refractivity contribution in [3.8, 4) is 0 Å². The van der Waals surface area contributed by atoms with E-state index in [0.717, 1.165) is 32.6 Å². The molecule has 3 heterocycles. The molecule has 5 nitrogen and oxygen atoms in total. The number of rotatable bonds is 5. The molecule has 2 fully saturated rings. The van der Waals surface area contributed by atoms with Crippen molar-refractivity contribution in [2.45, 2.75) is 32.4 Å². The number of nitrogens with one attached hydrogen (secondary N) is 1. The SMILES string of the molecule is CC(C)=CCN1CCN(CCc2c[nH]c3ccccc23)[C@H]2CS(=O)(=O)C[C@H]21. The maximum Gasteiger partial charge on any atom is 0.153 e. The Bertz CT molecular complexity index is 943. The predicted octanol–water partition coefficient (Wildman–Crippen LogP) is 2.46. The van der Waals surface area contributed by atoms with Crippen LogP contribution >= 0.6 is 0 Å². The van der Waals surface area contributed by atoms with Crippen LogP contribution in [0.1, 0.15) is 19.4 Å². The molecule has 0 aliphatic carbocycles. The van der Waals surface area contributed by atoms with Gasteiger partial charge in [-0.1, -0.05) is 29.8 Å². The van der Waals surface area contributed by atoms with Crippen molar-refractivity contribution in [3.05, 3.63) is 47.7 Å². The lowest BCUT2D eigenvalue weighted by Gasteiger charge is -2.43. The molecule has 2 saturated heterocycles. The van der Waals surface area contributed by atoms with Crippen molar-refractivity contribution in [2.75, 3.05) is 37.7 Å². The zero-order chi connectivity index (χ0) is 19.0. The summed E-state index contributed by atoms with van der Waals surface area (Å²) in [5.41, 5.74) is 3.77. The standard InChI is InChI=1S/C21H29N3O2S/c1-16(2)7-9-23-11-12-24(21-15-27(25,26)14-20(21)23)10-8-17-13-22-19-6-4-3-5-18(17)19/h3-7,13,20-22H,8-12,14-15H2,1-2H3/t20-,21+/m1/s1. The number of nitrogens with zero attached hydrogens (tertiary/aromatic N) is 2. The molecule has 0 bridgehead atoms. The summed E-state index contributed by atoms with van der Waals surface area (Å²) in [6.45, 7) is 7.84. The average Bonchev–Trinajstić information content (AvgIpc) is 3.18. The first-order chi connectivity index (χ1) is 12.9. The molecule has 0 saturated carbocycles. The predicted molar refractivity (Wildman–Crippen MR) is 111 cm³/mol. The van der Waals surface area contributed by atoms with Crippen molar-refractivity contribution in [1.29, 1.82) is 0 Å². The van der Waals surface area contributed by atoms with E-state index >= 15 is 0 Å². The number of fused-ring (bicyclic) bond motifs is 2. The zero-order valence-electron chi connectivity index (χ0n) is 16.2. The molecule has 1 aromatic heterocycles. The summed E-state index contributed by atoms with van der Waals surface area (Å²) < 4.78 is 24.7. The summed E-state index contributed by atoms with van der Waals surface area (Å²) >= 11 is 0. The van der Waals surface area contributed by atoms with Crippen LogP contribution in [0.25, 0.3) is 10.9 Å². The highest BCUT2D eigenvalue weighted by Crippen LogP contribution is 2.28. The number of para-hydroxylation sites is 1. The molecule has 4 rings (SSSR count). The molecule has 0 amide bonds. The number of hydrogen-bond donors (Lipinski definition) is 1. The van der Waals surface area contributed by atoms with E-state index in [1.807, 2.05) is 6.07 Å². The molecule has 0 unspecified atom stereocenters. The molecule has 6 heteroatoms. The Balaban J connectivity index is 1.48. The first kappa shape index (κ1) is 18.7. The molecule has 1 aromatic carbocycles. The molecular weight excluding hydrogens is 358 g/mol. The fraction of sp³-hybridized carbons (Fsp3) is 0.524. The number of sulfone groups is 1. The second-order valence-corrected chi connectivity index (χ2v) is 10.3. The third-order valence-corrected chi connectivity index (χ3v) is 7.68. The first-order valence-electron chi connectivity index (χ1n) is 9.80. The van der Waals surface area contributed by atoms with E-state index in [1.54, 1.807) is 0 Å². The van der Waals surface area contributed by atoms with Crippen molar-refractivity contribution in [3.63, 3.8) is 0 Å². The van der Waals surface area contributed by atoms with E-state index in [0.29, 0.717) is 11.5 Å². The first-order valence-corrected chi connectivity index (χ1v) is 11.6. The fourth-order valence-electron chi connectivity index (χ4n) is 4.50. The second kappa shape index (κ2) is 7.41. The summed E-state index contributed by atoms with van der Waals surface area (Å²) in [5, 5.41) is 1.27. The van der Waals surface area contributed by atoms with Gasteiger partial charge in [0.25, 0.3) is 0 Å². The van der Waals surface area contributed by atoms with Crippen LogP contribution in [0.15, 0.2) is 42.1 Å². The number of allylic oxidation sites excluding steroid dienone is 1. The van der Waals surface area contributed by atoms with Gasteiger partial charge in [0.15, 0.2) is 9.84 Å². The monoisotopic (exact) mass is 387 g/mol. The summed E-state index contributed by atoms with van der Waals surface area (Å²) in [5.74, 6) is 0.606. The maximum absolute atomic E-state index is 12.4. The molecule has 0 spiro atoms. The Hall–Kier alpha value is -1.63. The highest BCUT2D eigenvalue weighted by atomic mass is 32.2. The molecule has 146 valence electrons. The normalized spacial score (nSPS) is 25.6. The summed E-state index contributed by atoms with van der Waals surface area (Å²) in [6, 6.07) is 8.62. The van der Waals surface area contributed by atoms with Crippen molar-refractivity contribution in [1.82, 2.24) is 14.8 Å². The molecule has 2 atom stereocenters. The van der Waals surface area contributed by atoms with Gasteiger partial charge in [0, 0.05) is 55.4 Å². The summed E-state index contributed by atoms with van der Waals surface area (Å²) in [4.78, 5) is 8.12. The van der Waals surface area contributed by atoms with Gasteiger partial charge >= 0.3 is 0 Å². The minimum Gasteiger partial charge on any atom is -0.361 e. The number of aromatic amines is 1. The van der Waals surface area contributed by atoms with Crippen molar-refractivity contribution >= 4 is 20.7 Å². The number of H-pyrrole nitrogens is 1. The van der Waals surface area contributed by atoms with Crippen LogP contribution in [-0.4, -0.2) is 73.0 Å². The van der Waals surface area contributed by atoms with E-state index in [2.05, 4.69) is 59.1 Å². The van der Waals surface area contributed by atoms with Crippen LogP contribution in [0.4, 0.5) is 0 Å². The maximum atomic E-state index is 12.4. The minimum absolute atomic E-state index is 0.125. The summed E-state index contributed by atoms with van der Waals surface area (Å²) in [6.07, 6.45) is 5.25. The molecule has 27 heavy (non-hydrogen) atoms. The van der Waals surface area contributed by atoms with Crippen molar-refractivity contribution in [2.24, 2.45) is 0 Å². The quantitative estimate of drug-likeness (QED) is 0.801. The number of piperazine rings is 1. The van der Waals surface area contributed by atoms with E-state index < -0.39 is 9.84 Å². The Morgan fingerprint density at radius 3 is 2.63 bits per heavy atom. The molecular formula is C21H29N3O2S. The van der Waals surface area contributed by atoms with Gasteiger partial charge in [0.1, 0.15) is 0 Å². The van der Waals surface area contributed by atoms with E-state index in [9.17, 15) is 8.42 Å². The van der Waals surface area contributed by atoms with Gasteiger partial charge in [-0.3, -0.25) is 9.80 Å². The van der Waals surface area contributed by atoms with Gasteiger partial charge < -0.3 is 4.98 Å². The van der Waals surface area contributed by atoms with Gasteiger partial charge in [0.05, 0.1) is 11.5 Å². The van der Waals surface area contributed by atoms with Crippen LogP contribution in [0.2, 0.25) is 0 Å². The van der Waals surface area contributed by atoms with Crippen LogP contribution in [0.5, 0.6) is 0 Å². The smallest absolute Gasteiger partial charge is 0.153 e. The molecule has 2 aliphatic heterocycles. The Kier molecular flexibility index (Phi) is 5.14. The molecule has 0 radical (unpaired) electrons. The Labute approximate surface area is 162 Å². The highest BCUT2D eigenvalue weighted by Gasteiger charge is 2.45. The molecule has 2 aliphatic rings. The minimum atomic E-state index is -2.95.